The van der Waals surface area contributed by atoms with Crippen molar-refractivity contribution < 1.29 is 22.5 Å². The van der Waals surface area contributed by atoms with E-state index in [2.05, 4.69) is 25.5 Å². The topological polar surface area (TPSA) is 144 Å². The van der Waals surface area contributed by atoms with Crippen molar-refractivity contribution in [3.8, 4) is 0 Å². The lowest BCUT2D eigenvalue weighted by Crippen LogP contribution is -2.24. The van der Waals surface area contributed by atoms with Gasteiger partial charge in [-0.25, -0.2) is 15.1 Å². The summed E-state index contributed by atoms with van der Waals surface area (Å²) in [6, 6.07) is 9.64. The molecule has 2 aliphatic rings. The minimum atomic E-state index is -4.09. The molecule has 2 fully saturated rings. The molecule has 1 aliphatic carbocycles. The van der Waals surface area contributed by atoms with Crippen molar-refractivity contribution in [3.05, 3.63) is 74.8 Å². The predicted molar refractivity (Wildman–Crippen MR) is 149 cm³/mol. The van der Waals surface area contributed by atoms with E-state index in [0.29, 0.717) is 34.1 Å². The van der Waals surface area contributed by atoms with Gasteiger partial charge in [0.25, 0.3) is 0 Å². The van der Waals surface area contributed by atoms with Crippen molar-refractivity contribution in [2.75, 3.05) is 17.7 Å². The third kappa shape index (κ3) is 5.91. The third-order valence-corrected chi connectivity index (χ3v) is 10.3. The highest BCUT2D eigenvalue weighted by molar-refractivity contribution is 8.00. The molecule has 2 aromatic heterocycles. The number of carbonyl (C=O) groups excluding carboxylic acids is 1. The van der Waals surface area contributed by atoms with Gasteiger partial charge in [0.05, 0.1) is 27.9 Å². The summed E-state index contributed by atoms with van der Waals surface area (Å²) in [6.07, 6.45) is 4.88. The summed E-state index contributed by atoms with van der Waals surface area (Å²) in [6.45, 7) is -0.210. The number of rotatable bonds is 9. The van der Waals surface area contributed by atoms with E-state index in [1.807, 2.05) is 41.4 Å². The van der Waals surface area contributed by atoms with E-state index in [-0.39, 0.29) is 23.2 Å². The average Bonchev–Trinajstić information content (AvgIpc) is 3.63. The number of aromatic nitrogens is 2. The summed E-state index contributed by atoms with van der Waals surface area (Å²) in [5.74, 6) is 0.785. The summed E-state index contributed by atoms with van der Waals surface area (Å²) in [7, 11) is -4.09. The number of halogens is 1. The maximum absolute atomic E-state index is 13.6. The van der Waals surface area contributed by atoms with E-state index in [0.717, 1.165) is 29.7 Å². The predicted octanol–water partition coefficient (Wildman–Crippen LogP) is 3.96. The largest absolute Gasteiger partial charge is 0.393 e. The number of benzene rings is 1. The summed E-state index contributed by atoms with van der Waals surface area (Å²) in [4.78, 5) is 22.6. The number of ketones is 1. The van der Waals surface area contributed by atoms with Gasteiger partial charge in [-0.2, -0.15) is 8.42 Å². The van der Waals surface area contributed by atoms with Crippen molar-refractivity contribution in [1.82, 2.24) is 9.97 Å². The Morgan fingerprint density at radius 1 is 1.29 bits per heavy atom. The van der Waals surface area contributed by atoms with Crippen molar-refractivity contribution in [2.45, 2.75) is 42.6 Å². The number of hydrogen-bond donors (Lipinski definition) is 3. The van der Waals surface area contributed by atoms with Crippen molar-refractivity contribution in [1.29, 1.82) is 0 Å². The standard InChI is InChI=1S/C25H27ClN4O5S3/c26-18-4-1-3-16(8-18)25(5-2-6-37-25)17-9-22(36-13-17)23(32)20-11-28-14-29-24(20)30-19-7-15(21(31)10-19)12-35-38(27,33)34/h1,3-4,8-9,11,13-15,19,21,31H,2,5-7,10,12H2,(H2,27,33,34)(H,28,29,30)/t15-,19-,21+,25-/m1/s1. The molecule has 0 amide bonds. The first-order valence-corrected chi connectivity index (χ1v) is 15.8. The highest BCUT2D eigenvalue weighted by Gasteiger charge is 2.40. The minimum Gasteiger partial charge on any atom is -0.393 e. The fourth-order valence-electron chi connectivity index (χ4n) is 5.19. The molecule has 13 heteroatoms. The van der Waals surface area contributed by atoms with E-state index >= 15 is 0 Å². The number of carbonyl (C=O) groups is 1. The molecule has 3 aromatic rings. The SMILES string of the molecule is NS(=O)(=O)OC[C@H]1C[C@@H](Nc2ncncc2C(=O)c2cc([C@]3(c4cccc(Cl)c4)CCCS3)cs2)C[C@@H]1O. The third-order valence-electron chi connectivity index (χ3n) is 7.00. The Morgan fingerprint density at radius 3 is 2.87 bits per heavy atom. The molecule has 1 saturated carbocycles. The second kappa shape index (κ2) is 11.2. The van der Waals surface area contributed by atoms with Gasteiger partial charge < -0.3 is 10.4 Å². The molecule has 4 N–H and O–H groups in total. The highest BCUT2D eigenvalue weighted by Crippen LogP contribution is 2.52. The maximum Gasteiger partial charge on any atom is 0.333 e. The molecule has 38 heavy (non-hydrogen) atoms. The second-order valence-electron chi connectivity index (χ2n) is 9.52. The summed E-state index contributed by atoms with van der Waals surface area (Å²) >= 11 is 9.58. The van der Waals surface area contributed by atoms with Gasteiger partial charge in [-0.15, -0.1) is 23.1 Å². The average molecular weight is 595 g/mol. The van der Waals surface area contributed by atoms with Gasteiger partial charge in [0.15, 0.2) is 0 Å². The number of hydrogen-bond acceptors (Lipinski definition) is 10. The normalized spacial score (nSPS) is 25.5. The van der Waals surface area contributed by atoms with Crippen LogP contribution in [0, 0.1) is 5.92 Å². The molecule has 0 unspecified atom stereocenters. The van der Waals surface area contributed by atoms with Crippen LogP contribution in [0.15, 0.2) is 48.2 Å². The van der Waals surface area contributed by atoms with E-state index in [9.17, 15) is 18.3 Å². The number of nitrogens with zero attached hydrogens (tertiary/aromatic N) is 2. The first-order chi connectivity index (χ1) is 18.1. The zero-order valence-corrected chi connectivity index (χ0v) is 23.5. The lowest BCUT2D eigenvalue weighted by molar-refractivity contribution is 0.101. The molecular weight excluding hydrogens is 568 g/mol. The van der Waals surface area contributed by atoms with Crippen molar-refractivity contribution in [2.24, 2.45) is 11.1 Å². The van der Waals surface area contributed by atoms with Crippen LogP contribution < -0.4 is 10.5 Å². The number of nitrogens with two attached hydrogens (primary N) is 1. The Labute approximate surface area is 234 Å². The number of aliphatic hydroxyl groups is 1. The monoisotopic (exact) mass is 594 g/mol. The fourth-order valence-corrected chi connectivity index (χ4v) is 8.26. The van der Waals surface area contributed by atoms with Crippen LogP contribution in [0.25, 0.3) is 0 Å². The quantitative estimate of drug-likeness (QED) is 0.313. The molecular formula is C25H27ClN4O5S3. The molecule has 5 rings (SSSR count). The fraction of sp³-hybridized carbons (Fsp3) is 0.400. The number of anilines is 1. The van der Waals surface area contributed by atoms with Crippen LogP contribution in [0.1, 0.15) is 52.0 Å². The van der Waals surface area contributed by atoms with Gasteiger partial charge in [0, 0.05) is 23.2 Å². The number of thiophene rings is 1. The molecule has 9 nitrogen and oxygen atoms in total. The molecule has 202 valence electrons. The van der Waals surface area contributed by atoms with Crippen LogP contribution in [0.3, 0.4) is 0 Å². The van der Waals surface area contributed by atoms with Gasteiger partial charge in [-0.1, -0.05) is 23.7 Å². The summed E-state index contributed by atoms with van der Waals surface area (Å²) in [5, 5.41) is 21.2. The molecule has 1 aliphatic heterocycles. The van der Waals surface area contributed by atoms with Crippen LogP contribution in [0.2, 0.25) is 5.02 Å². The molecule has 3 heterocycles. The summed E-state index contributed by atoms with van der Waals surface area (Å²) < 4.78 is 26.7. The van der Waals surface area contributed by atoms with Gasteiger partial charge in [0.1, 0.15) is 12.1 Å². The van der Waals surface area contributed by atoms with E-state index in [1.165, 1.54) is 23.9 Å². The zero-order chi connectivity index (χ0) is 26.9. The zero-order valence-electron chi connectivity index (χ0n) is 20.2. The maximum atomic E-state index is 13.6. The molecule has 1 aromatic carbocycles. The second-order valence-corrected chi connectivity index (χ2v) is 13.5. The van der Waals surface area contributed by atoms with Gasteiger partial charge in [0.2, 0.25) is 5.78 Å². The Hall–Kier alpha value is -2.06. The minimum absolute atomic E-state index is 0.193. The highest BCUT2D eigenvalue weighted by atomic mass is 35.5. The van der Waals surface area contributed by atoms with Crippen molar-refractivity contribution >= 4 is 56.6 Å². The van der Waals surface area contributed by atoms with Gasteiger partial charge in [-0.05, 0) is 66.1 Å². The molecule has 4 atom stereocenters. The molecule has 1 saturated heterocycles. The van der Waals surface area contributed by atoms with Crippen LogP contribution in [-0.4, -0.2) is 53.8 Å². The lowest BCUT2D eigenvalue weighted by atomic mass is 9.88. The van der Waals surface area contributed by atoms with E-state index < -0.39 is 22.3 Å². The first kappa shape index (κ1) is 27.5. The van der Waals surface area contributed by atoms with Crippen LogP contribution in [0.5, 0.6) is 0 Å². The number of nitrogens with one attached hydrogen (secondary N) is 1. The number of thioether (sulfide) groups is 1. The smallest absolute Gasteiger partial charge is 0.333 e. The first-order valence-electron chi connectivity index (χ1n) is 12.1. The van der Waals surface area contributed by atoms with Crippen LogP contribution in [-0.2, 0) is 19.2 Å². The summed E-state index contributed by atoms with van der Waals surface area (Å²) in [5.41, 5.74) is 2.55. The number of aliphatic hydroxyl groups excluding tert-OH is 1. The Morgan fingerprint density at radius 2 is 2.13 bits per heavy atom. The van der Waals surface area contributed by atoms with E-state index in [1.54, 1.807) is 0 Å². The molecule has 0 radical (unpaired) electrons. The Kier molecular flexibility index (Phi) is 8.11. The van der Waals surface area contributed by atoms with Gasteiger partial charge in [-0.3, -0.25) is 8.98 Å². The van der Waals surface area contributed by atoms with Gasteiger partial charge >= 0.3 is 10.3 Å². The van der Waals surface area contributed by atoms with Crippen LogP contribution >= 0.6 is 34.7 Å². The van der Waals surface area contributed by atoms with Crippen LogP contribution in [0.4, 0.5) is 5.82 Å². The lowest BCUT2D eigenvalue weighted by Gasteiger charge is -2.28. The Balaban J connectivity index is 1.35. The van der Waals surface area contributed by atoms with Crippen molar-refractivity contribution in [3.63, 3.8) is 0 Å². The Bertz CT molecular complexity index is 1430. The molecule has 0 bridgehead atoms. The van der Waals surface area contributed by atoms with E-state index in [4.69, 9.17) is 16.7 Å². The molecule has 0 spiro atoms.